The molecule has 0 heterocycles. The van der Waals surface area contributed by atoms with Crippen molar-refractivity contribution < 1.29 is 0 Å². The predicted octanol–water partition coefficient (Wildman–Crippen LogP) is 5.76. The van der Waals surface area contributed by atoms with Gasteiger partial charge in [0, 0.05) is 0 Å². The van der Waals surface area contributed by atoms with Crippen LogP contribution in [-0.2, 0) is 0 Å². The summed E-state index contributed by atoms with van der Waals surface area (Å²) in [5, 5.41) is 8.04. The summed E-state index contributed by atoms with van der Waals surface area (Å²) in [4.78, 5) is 0. The Morgan fingerprint density at radius 2 is 1.25 bits per heavy atom. The molecule has 4 aromatic rings. The van der Waals surface area contributed by atoms with Crippen molar-refractivity contribution in [2.24, 2.45) is 0 Å². The first kappa shape index (κ1) is 11.5. The van der Waals surface area contributed by atoms with Crippen molar-refractivity contribution in [1.82, 2.24) is 0 Å². The molecule has 0 aliphatic rings. The van der Waals surface area contributed by atoms with Crippen molar-refractivity contribution >= 4 is 32.3 Å². The average molecular weight is 256 g/mol. The van der Waals surface area contributed by atoms with Gasteiger partial charge < -0.3 is 0 Å². The quantitative estimate of drug-likeness (QED) is 0.277. The fourth-order valence-electron chi connectivity index (χ4n) is 3.15. The van der Waals surface area contributed by atoms with Gasteiger partial charge in [-0.25, -0.2) is 0 Å². The second-order valence-electron chi connectivity index (χ2n) is 5.66. The highest BCUT2D eigenvalue weighted by Gasteiger charge is 2.06. The molecule has 4 aromatic carbocycles. The Morgan fingerprint density at radius 3 is 2.00 bits per heavy atom. The molecule has 0 heteroatoms. The van der Waals surface area contributed by atoms with Crippen molar-refractivity contribution in [3.05, 3.63) is 71.8 Å². The highest BCUT2D eigenvalue weighted by atomic mass is 14.1. The summed E-state index contributed by atoms with van der Waals surface area (Å²) in [6, 6.07) is 22.3. The van der Waals surface area contributed by atoms with Gasteiger partial charge in [0.15, 0.2) is 0 Å². The van der Waals surface area contributed by atoms with Gasteiger partial charge in [-0.1, -0.05) is 54.1 Å². The summed E-state index contributed by atoms with van der Waals surface area (Å²) < 4.78 is 0. The lowest BCUT2D eigenvalue weighted by molar-refractivity contribution is 1.50. The second kappa shape index (κ2) is 4.08. The molecular formula is C20H16. The van der Waals surface area contributed by atoms with E-state index >= 15 is 0 Å². The maximum Gasteiger partial charge on any atom is -0.00964 e. The molecule has 0 saturated heterocycles. The normalized spacial score (nSPS) is 11.5. The van der Waals surface area contributed by atoms with Crippen LogP contribution in [-0.4, -0.2) is 0 Å². The van der Waals surface area contributed by atoms with Gasteiger partial charge in [0.05, 0.1) is 0 Å². The van der Waals surface area contributed by atoms with Gasteiger partial charge in [-0.3, -0.25) is 0 Å². The topological polar surface area (TPSA) is 0 Å². The summed E-state index contributed by atoms with van der Waals surface area (Å²) in [7, 11) is 0. The average Bonchev–Trinajstić information content (AvgIpc) is 2.45. The molecule has 0 spiro atoms. The first-order valence-electron chi connectivity index (χ1n) is 7.05. The first-order chi connectivity index (χ1) is 9.72. The molecule has 4 rings (SSSR count). The van der Waals surface area contributed by atoms with Gasteiger partial charge in [-0.05, 0) is 63.9 Å². The third-order valence-electron chi connectivity index (χ3n) is 4.18. The van der Waals surface area contributed by atoms with Crippen LogP contribution in [0, 0.1) is 13.8 Å². The van der Waals surface area contributed by atoms with Crippen LogP contribution in [0.2, 0.25) is 0 Å². The minimum atomic E-state index is 1.31. The van der Waals surface area contributed by atoms with Crippen LogP contribution in [0.25, 0.3) is 32.3 Å². The Bertz CT molecular complexity index is 962. The summed E-state index contributed by atoms with van der Waals surface area (Å²) in [6.45, 7) is 4.36. The van der Waals surface area contributed by atoms with Crippen LogP contribution in [0.5, 0.6) is 0 Å². The van der Waals surface area contributed by atoms with Crippen molar-refractivity contribution in [2.45, 2.75) is 13.8 Å². The van der Waals surface area contributed by atoms with Gasteiger partial charge in [-0.15, -0.1) is 0 Å². The van der Waals surface area contributed by atoms with Gasteiger partial charge >= 0.3 is 0 Å². The molecular weight excluding hydrogens is 240 g/mol. The van der Waals surface area contributed by atoms with E-state index in [2.05, 4.69) is 74.5 Å². The minimum Gasteiger partial charge on any atom is -0.0616 e. The molecule has 0 nitrogen and oxygen atoms in total. The molecule has 0 bridgehead atoms. The zero-order valence-electron chi connectivity index (χ0n) is 11.8. The Hall–Kier alpha value is -2.34. The number of aryl methyl sites for hydroxylation is 2. The lowest BCUT2D eigenvalue weighted by atomic mass is 9.94. The molecule has 0 amide bonds. The summed E-state index contributed by atoms with van der Waals surface area (Å²) in [5.41, 5.74) is 2.67. The maximum absolute atomic E-state index is 2.33. The number of benzene rings is 4. The molecule has 0 saturated carbocycles. The van der Waals surface area contributed by atoms with E-state index in [0.29, 0.717) is 0 Å². The second-order valence-corrected chi connectivity index (χ2v) is 5.66. The molecule has 0 fully saturated rings. The molecule has 0 aliphatic carbocycles. The van der Waals surface area contributed by atoms with Crippen molar-refractivity contribution in [1.29, 1.82) is 0 Å². The molecule has 0 N–H and O–H groups in total. The van der Waals surface area contributed by atoms with E-state index in [4.69, 9.17) is 0 Å². The number of hydrogen-bond acceptors (Lipinski definition) is 0. The standard InChI is InChI=1S/C20H16/c1-13-7-8-18-17(9-13)10-14(2)19-11-15-5-3-4-6-16(15)12-20(18)19/h3-12H,1-2H3. The molecule has 20 heavy (non-hydrogen) atoms. The molecule has 0 unspecified atom stereocenters. The molecule has 96 valence electrons. The highest BCUT2D eigenvalue weighted by Crippen LogP contribution is 2.32. The van der Waals surface area contributed by atoms with Gasteiger partial charge in [0.2, 0.25) is 0 Å². The van der Waals surface area contributed by atoms with E-state index < -0.39 is 0 Å². The van der Waals surface area contributed by atoms with E-state index in [1.807, 2.05) is 0 Å². The Morgan fingerprint density at radius 1 is 0.550 bits per heavy atom. The van der Waals surface area contributed by atoms with Crippen LogP contribution < -0.4 is 0 Å². The Kier molecular flexibility index (Phi) is 2.34. The molecule has 0 aliphatic heterocycles. The number of rotatable bonds is 0. The van der Waals surface area contributed by atoms with E-state index in [1.54, 1.807) is 0 Å². The molecule has 0 radical (unpaired) electrons. The number of fused-ring (bicyclic) bond motifs is 4. The predicted molar refractivity (Wildman–Crippen MR) is 88.4 cm³/mol. The van der Waals surface area contributed by atoms with Crippen LogP contribution in [0.1, 0.15) is 11.1 Å². The smallest absolute Gasteiger partial charge is 0.00964 e. The fraction of sp³-hybridized carbons (Fsp3) is 0.100. The Balaban J connectivity index is 2.27. The summed E-state index contributed by atoms with van der Waals surface area (Å²) in [5.74, 6) is 0. The van der Waals surface area contributed by atoms with Gasteiger partial charge in [-0.2, -0.15) is 0 Å². The summed E-state index contributed by atoms with van der Waals surface area (Å²) >= 11 is 0. The van der Waals surface area contributed by atoms with Crippen LogP contribution in [0.3, 0.4) is 0 Å². The highest BCUT2D eigenvalue weighted by molar-refractivity contribution is 6.13. The third kappa shape index (κ3) is 1.61. The van der Waals surface area contributed by atoms with E-state index in [-0.39, 0.29) is 0 Å². The maximum atomic E-state index is 2.33. The van der Waals surface area contributed by atoms with Crippen LogP contribution >= 0.6 is 0 Å². The molecule has 0 aromatic heterocycles. The SMILES string of the molecule is Cc1ccc2c(c1)cc(C)c1cc3ccccc3cc12. The zero-order chi connectivity index (χ0) is 13.7. The first-order valence-corrected chi connectivity index (χ1v) is 7.05. The van der Waals surface area contributed by atoms with Crippen molar-refractivity contribution in [3.63, 3.8) is 0 Å². The van der Waals surface area contributed by atoms with Crippen molar-refractivity contribution in [3.8, 4) is 0 Å². The monoisotopic (exact) mass is 256 g/mol. The van der Waals surface area contributed by atoms with E-state index in [9.17, 15) is 0 Å². The fourth-order valence-corrected chi connectivity index (χ4v) is 3.15. The molecule has 0 atom stereocenters. The zero-order valence-corrected chi connectivity index (χ0v) is 11.8. The Labute approximate surface area is 118 Å². The van der Waals surface area contributed by atoms with E-state index in [1.165, 1.54) is 43.4 Å². The number of hydrogen-bond donors (Lipinski definition) is 0. The van der Waals surface area contributed by atoms with Gasteiger partial charge in [0.1, 0.15) is 0 Å². The van der Waals surface area contributed by atoms with Gasteiger partial charge in [0.25, 0.3) is 0 Å². The van der Waals surface area contributed by atoms with E-state index in [0.717, 1.165) is 0 Å². The van der Waals surface area contributed by atoms with Crippen LogP contribution in [0.4, 0.5) is 0 Å². The van der Waals surface area contributed by atoms with Crippen LogP contribution in [0.15, 0.2) is 60.7 Å². The lowest BCUT2D eigenvalue weighted by Gasteiger charge is -2.10. The largest absolute Gasteiger partial charge is 0.0616 e. The van der Waals surface area contributed by atoms with Crippen molar-refractivity contribution in [2.75, 3.05) is 0 Å². The minimum absolute atomic E-state index is 1.31. The lowest BCUT2D eigenvalue weighted by Crippen LogP contribution is -1.84. The third-order valence-corrected chi connectivity index (χ3v) is 4.18. The summed E-state index contributed by atoms with van der Waals surface area (Å²) in [6.07, 6.45) is 0.